The summed E-state index contributed by atoms with van der Waals surface area (Å²) in [5.74, 6) is 1.10. The third kappa shape index (κ3) is 3.59. The Hall–Kier alpha value is -0.840. The Morgan fingerprint density at radius 3 is 2.84 bits per heavy atom. The Bertz CT molecular complexity index is 553. The van der Waals surface area contributed by atoms with Gasteiger partial charge in [0.25, 0.3) is 0 Å². The average Bonchev–Trinajstić information content (AvgIpc) is 2.80. The molecule has 1 N–H and O–H groups in total. The largest absolute Gasteiger partial charge is 0.338 e. The van der Waals surface area contributed by atoms with Gasteiger partial charge in [0.2, 0.25) is 0 Å². The first-order valence-corrected chi connectivity index (χ1v) is 7.37. The predicted molar refractivity (Wildman–Crippen MR) is 82.5 cm³/mol. The quantitative estimate of drug-likeness (QED) is 0.897. The van der Waals surface area contributed by atoms with Crippen LogP contribution in [0, 0.1) is 0 Å². The maximum absolute atomic E-state index is 6.15. The van der Waals surface area contributed by atoms with Crippen LogP contribution in [-0.2, 0) is 13.5 Å². The highest BCUT2D eigenvalue weighted by Crippen LogP contribution is 2.27. The van der Waals surface area contributed by atoms with Gasteiger partial charge in [-0.05, 0) is 47.1 Å². The van der Waals surface area contributed by atoms with E-state index < -0.39 is 0 Å². The molecule has 1 aromatic heterocycles. The molecular weight excluding hydrogens is 326 g/mol. The minimum absolute atomic E-state index is 0.280. The Morgan fingerprint density at radius 1 is 1.47 bits per heavy atom. The molecule has 0 saturated heterocycles. The molecule has 0 amide bonds. The van der Waals surface area contributed by atoms with Gasteiger partial charge in [0.05, 0.1) is 5.02 Å². The summed E-state index contributed by atoms with van der Waals surface area (Å²) in [6.07, 6.45) is 5.72. The Morgan fingerprint density at radius 2 is 2.26 bits per heavy atom. The summed E-state index contributed by atoms with van der Waals surface area (Å²) in [5.41, 5.74) is 1.20. The summed E-state index contributed by atoms with van der Waals surface area (Å²) >= 11 is 9.56. The Kier molecular flexibility index (Phi) is 5.02. The molecule has 5 heteroatoms. The van der Waals surface area contributed by atoms with Crippen molar-refractivity contribution in [2.24, 2.45) is 7.05 Å². The van der Waals surface area contributed by atoms with E-state index >= 15 is 0 Å². The summed E-state index contributed by atoms with van der Waals surface area (Å²) in [7, 11) is 3.99. The van der Waals surface area contributed by atoms with E-state index in [2.05, 4.69) is 36.9 Å². The zero-order valence-electron chi connectivity index (χ0n) is 11.0. The van der Waals surface area contributed by atoms with Crippen LogP contribution in [0.3, 0.4) is 0 Å². The summed E-state index contributed by atoms with van der Waals surface area (Å²) in [5, 5.41) is 4.08. The van der Waals surface area contributed by atoms with Gasteiger partial charge in [-0.1, -0.05) is 17.7 Å². The third-order valence-electron chi connectivity index (χ3n) is 3.27. The van der Waals surface area contributed by atoms with E-state index in [0.29, 0.717) is 0 Å². The number of hydrogen-bond acceptors (Lipinski definition) is 2. The molecule has 102 valence electrons. The fraction of sp³-hybridized carbons (Fsp3) is 0.357. The van der Waals surface area contributed by atoms with Crippen molar-refractivity contribution in [1.82, 2.24) is 14.9 Å². The lowest BCUT2D eigenvalue weighted by atomic mass is 10.0. The van der Waals surface area contributed by atoms with Gasteiger partial charge < -0.3 is 9.88 Å². The average molecular weight is 343 g/mol. The van der Waals surface area contributed by atoms with Gasteiger partial charge in [-0.15, -0.1) is 0 Å². The highest BCUT2D eigenvalue weighted by atomic mass is 79.9. The van der Waals surface area contributed by atoms with Gasteiger partial charge in [0.1, 0.15) is 5.82 Å². The lowest BCUT2D eigenvalue weighted by Gasteiger charge is -2.17. The van der Waals surface area contributed by atoms with E-state index in [1.165, 1.54) is 5.56 Å². The molecule has 1 heterocycles. The van der Waals surface area contributed by atoms with Gasteiger partial charge in [0.15, 0.2) is 0 Å². The zero-order valence-corrected chi connectivity index (χ0v) is 13.4. The molecule has 1 atom stereocenters. The number of rotatable bonds is 5. The number of halogens is 2. The first-order chi connectivity index (χ1) is 9.11. The van der Waals surface area contributed by atoms with Crippen LogP contribution in [0.2, 0.25) is 5.02 Å². The lowest BCUT2D eigenvalue weighted by Crippen LogP contribution is -2.17. The first-order valence-electron chi connectivity index (χ1n) is 6.20. The standard InChI is InChI=1S/C14H17BrClN3/c1-17-13(5-6-14-18-7-8-19(14)2)10-3-4-11(15)12(16)9-10/h3-4,7-9,13,17H,5-6H2,1-2H3. The van der Waals surface area contributed by atoms with Crippen molar-refractivity contribution in [1.29, 1.82) is 0 Å². The van der Waals surface area contributed by atoms with Gasteiger partial charge in [-0.2, -0.15) is 0 Å². The molecule has 19 heavy (non-hydrogen) atoms. The SMILES string of the molecule is CNC(CCc1nccn1C)c1ccc(Br)c(Cl)c1. The van der Waals surface area contributed by atoms with E-state index in [-0.39, 0.29) is 6.04 Å². The summed E-state index contributed by atoms with van der Waals surface area (Å²) in [6, 6.07) is 6.37. The van der Waals surface area contributed by atoms with E-state index in [1.807, 2.05) is 38.6 Å². The molecule has 1 unspecified atom stereocenters. The number of nitrogens with zero attached hydrogens (tertiary/aromatic N) is 2. The molecule has 2 aromatic rings. The molecule has 1 aromatic carbocycles. The van der Waals surface area contributed by atoms with Crippen molar-refractivity contribution in [2.45, 2.75) is 18.9 Å². The smallest absolute Gasteiger partial charge is 0.108 e. The first kappa shape index (κ1) is 14.6. The number of aryl methyl sites for hydroxylation is 2. The van der Waals surface area contributed by atoms with Crippen molar-refractivity contribution in [3.05, 3.63) is 51.5 Å². The monoisotopic (exact) mass is 341 g/mol. The van der Waals surface area contributed by atoms with Crippen LogP contribution in [-0.4, -0.2) is 16.6 Å². The molecule has 0 aliphatic carbocycles. The number of nitrogens with one attached hydrogen (secondary N) is 1. The predicted octanol–water partition coefficient (Wildman–Crippen LogP) is 3.73. The lowest BCUT2D eigenvalue weighted by molar-refractivity contribution is 0.536. The Balaban J connectivity index is 2.07. The third-order valence-corrected chi connectivity index (χ3v) is 4.50. The van der Waals surface area contributed by atoms with Crippen LogP contribution < -0.4 is 5.32 Å². The van der Waals surface area contributed by atoms with Crippen LogP contribution >= 0.6 is 27.5 Å². The maximum Gasteiger partial charge on any atom is 0.108 e. The molecule has 0 aliphatic heterocycles. The van der Waals surface area contributed by atoms with E-state index in [1.54, 1.807) is 0 Å². The normalized spacial score (nSPS) is 12.6. The topological polar surface area (TPSA) is 29.9 Å². The number of aromatic nitrogens is 2. The van der Waals surface area contributed by atoms with E-state index in [9.17, 15) is 0 Å². The highest BCUT2D eigenvalue weighted by molar-refractivity contribution is 9.10. The van der Waals surface area contributed by atoms with Crippen molar-refractivity contribution < 1.29 is 0 Å². The molecule has 0 saturated carbocycles. The van der Waals surface area contributed by atoms with Gasteiger partial charge in [0, 0.05) is 36.4 Å². The summed E-state index contributed by atoms with van der Waals surface area (Å²) in [6.45, 7) is 0. The Labute approximate surface area is 127 Å². The summed E-state index contributed by atoms with van der Waals surface area (Å²) in [4.78, 5) is 4.35. The van der Waals surface area contributed by atoms with Gasteiger partial charge >= 0.3 is 0 Å². The van der Waals surface area contributed by atoms with Crippen LogP contribution in [0.25, 0.3) is 0 Å². The van der Waals surface area contributed by atoms with Crippen LogP contribution in [0.4, 0.5) is 0 Å². The van der Waals surface area contributed by atoms with Crippen molar-refractivity contribution >= 4 is 27.5 Å². The molecule has 2 rings (SSSR count). The number of imidazole rings is 1. The van der Waals surface area contributed by atoms with Crippen LogP contribution in [0.5, 0.6) is 0 Å². The fourth-order valence-electron chi connectivity index (χ4n) is 2.12. The minimum Gasteiger partial charge on any atom is -0.338 e. The van der Waals surface area contributed by atoms with Crippen LogP contribution in [0.15, 0.2) is 35.1 Å². The second-order valence-electron chi connectivity index (χ2n) is 4.51. The van der Waals surface area contributed by atoms with Crippen molar-refractivity contribution in [3.63, 3.8) is 0 Å². The fourth-order valence-corrected chi connectivity index (χ4v) is 2.55. The second-order valence-corrected chi connectivity index (χ2v) is 5.77. The second kappa shape index (κ2) is 6.55. The maximum atomic E-state index is 6.15. The highest BCUT2D eigenvalue weighted by Gasteiger charge is 2.12. The molecule has 0 spiro atoms. The molecule has 3 nitrogen and oxygen atoms in total. The summed E-state index contributed by atoms with van der Waals surface area (Å²) < 4.78 is 2.98. The minimum atomic E-state index is 0.280. The molecule has 0 radical (unpaired) electrons. The number of benzene rings is 1. The van der Waals surface area contributed by atoms with Crippen LogP contribution in [0.1, 0.15) is 23.9 Å². The van der Waals surface area contributed by atoms with E-state index in [4.69, 9.17) is 11.6 Å². The molecule has 0 bridgehead atoms. The molecule has 0 fully saturated rings. The van der Waals surface area contributed by atoms with Gasteiger partial charge in [-0.25, -0.2) is 4.98 Å². The molecular formula is C14H17BrClN3. The van der Waals surface area contributed by atoms with Gasteiger partial charge in [-0.3, -0.25) is 0 Å². The number of hydrogen-bond donors (Lipinski definition) is 1. The van der Waals surface area contributed by atoms with Crippen molar-refractivity contribution in [2.75, 3.05) is 7.05 Å². The molecule has 0 aliphatic rings. The van der Waals surface area contributed by atoms with E-state index in [0.717, 1.165) is 28.2 Å². The zero-order chi connectivity index (χ0) is 13.8. The van der Waals surface area contributed by atoms with Crippen molar-refractivity contribution in [3.8, 4) is 0 Å².